The fourth-order valence-electron chi connectivity index (χ4n) is 4.02. The predicted molar refractivity (Wildman–Crippen MR) is 130 cm³/mol. The molecule has 1 aliphatic rings. The maximum absolute atomic E-state index is 13.6. The highest BCUT2D eigenvalue weighted by atomic mass is 16.2. The van der Waals surface area contributed by atoms with Crippen LogP contribution in [0.15, 0.2) is 84.6 Å². The van der Waals surface area contributed by atoms with Crippen LogP contribution in [0.25, 0.3) is 5.57 Å². The molecule has 4 heteroatoms. The minimum Gasteiger partial charge on any atom is -0.339 e. The lowest BCUT2D eigenvalue weighted by molar-refractivity contribution is -0.120. The predicted octanol–water partition coefficient (Wildman–Crippen LogP) is 5.76. The second-order valence-corrected chi connectivity index (χ2v) is 8.20. The molecule has 0 N–H and O–H groups in total. The third-order valence-electron chi connectivity index (χ3n) is 5.89. The van der Waals surface area contributed by atoms with Crippen LogP contribution in [-0.4, -0.2) is 18.9 Å². The summed E-state index contributed by atoms with van der Waals surface area (Å²) in [7, 11) is 1.83. The lowest BCUT2D eigenvalue weighted by Gasteiger charge is -2.21. The molecular formula is C28H28N2O2. The van der Waals surface area contributed by atoms with Crippen LogP contribution in [0, 0.1) is 6.92 Å². The van der Waals surface area contributed by atoms with Crippen molar-refractivity contribution < 1.29 is 9.59 Å². The summed E-state index contributed by atoms with van der Waals surface area (Å²) in [5, 5.41) is 0. The lowest BCUT2D eigenvalue weighted by atomic mass is 10.0. The van der Waals surface area contributed by atoms with Crippen molar-refractivity contribution in [3.05, 3.63) is 101 Å². The largest absolute Gasteiger partial charge is 0.339 e. The summed E-state index contributed by atoms with van der Waals surface area (Å²) in [5.41, 5.74) is 5.32. The Kier molecular flexibility index (Phi) is 6.22. The number of hydrogen-bond donors (Lipinski definition) is 0. The fourth-order valence-corrected chi connectivity index (χ4v) is 4.02. The number of para-hydroxylation sites is 1. The molecule has 0 fully saturated rings. The van der Waals surface area contributed by atoms with Crippen molar-refractivity contribution in [1.82, 2.24) is 0 Å². The normalized spacial score (nSPS) is 13.8. The fraction of sp³-hybridized carbons (Fsp3) is 0.214. The molecule has 4 nitrogen and oxygen atoms in total. The van der Waals surface area contributed by atoms with E-state index in [1.807, 2.05) is 97.7 Å². The van der Waals surface area contributed by atoms with Gasteiger partial charge in [0.05, 0.1) is 11.3 Å². The van der Waals surface area contributed by atoms with E-state index in [4.69, 9.17) is 0 Å². The highest BCUT2D eigenvalue weighted by Gasteiger charge is 2.42. The summed E-state index contributed by atoms with van der Waals surface area (Å²) in [6.45, 7) is 4.17. The first-order valence-corrected chi connectivity index (χ1v) is 11.1. The third-order valence-corrected chi connectivity index (χ3v) is 5.89. The molecule has 162 valence electrons. The zero-order valence-corrected chi connectivity index (χ0v) is 18.8. The molecule has 2 amide bonds. The Morgan fingerprint density at radius 2 is 1.47 bits per heavy atom. The van der Waals surface area contributed by atoms with Gasteiger partial charge in [0.15, 0.2) is 0 Å². The van der Waals surface area contributed by atoms with Gasteiger partial charge in [0.1, 0.15) is 5.70 Å². The SMILES string of the molecule is CCCCc1ccc(N2C(=O)C(c3ccc(C)cc3)=C(N(C)c3ccccc3)C2=O)cc1. The Hall–Kier alpha value is -3.66. The molecule has 3 aromatic rings. The molecule has 0 saturated carbocycles. The summed E-state index contributed by atoms with van der Waals surface area (Å²) in [6, 6.07) is 25.2. The summed E-state index contributed by atoms with van der Waals surface area (Å²) in [5.74, 6) is -0.601. The molecule has 0 radical (unpaired) electrons. The molecule has 32 heavy (non-hydrogen) atoms. The van der Waals surface area contributed by atoms with Gasteiger partial charge in [-0.05, 0) is 55.2 Å². The van der Waals surface area contributed by atoms with Gasteiger partial charge in [-0.1, -0.05) is 73.5 Å². The van der Waals surface area contributed by atoms with Gasteiger partial charge in [-0.3, -0.25) is 9.59 Å². The molecule has 0 unspecified atom stereocenters. The second kappa shape index (κ2) is 9.23. The Labute approximate surface area is 189 Å². The summed E-state index contributed by atoms with van der Waals surface area (Å²) >= 11 is 0. The quantitative estimate of drug-likeness (QED) is 0.453. The summed E-state index contributed by atoms with van der Waals surface area (Å²) in [6.07, 6.45) is 3.24. The molecular weight excluding hydrogens is 396 g/mol. The van der Waals surface area contributed by atoms with E-state index in [1.165, 1.54) is 10.5 Å². The van der Waals surface area contributed by atoms with Gasteiger partial charge in [0, 0.05) is 12.7 Å². The number of imide groups is 1. The van der Waals surface area contributed by atoms with Crippen molar-refractivity contribution in [2.45, 2.75) is 33.1 Å². The zero-order valence-electron chi connectivity index (χ0n) is 18.8. The van der Waals surface area contributed by atoms with Gasteiger partial charge in [0.25, 0.3) is 11.8 Å². The van der Waals surface area contributed by atoms with E-state index in [-0.39, 0.29) is 11.8 Å². The third kappa shape index (κ3) is 4.09. The van der Waals surface area contributed by atoms with Gasteiger partial charge < -0.3 is 4.90 Å². The molecule has 0 aliphatic carbocycles. The Bertz CT molecular complexity index is 1150. The molecule has 4 rings (SSSR count). The van der Waals surface area contributed by atoms with E-state index in [1.54, 1.807) is 0 Å². The first kappa shape index (κ1) is 21.6. The van der Waals surface area contributed by atoms with Crippen LogP contribution in [0.1, 0.15) is 36.5 Å². The number of amides is 2. The van der Waals surface area contributed by atoms with Crippen LogP contribution in [0.2, 0.25) is 0 Å². The Morgan fingerprint density at radius 1 is 0.812 bits per heavy atom. The number of hydrogen-bond acceptors (Lipinski definition) is 3. The maximum Gasteiger partial charge on any atom is 0.282 e. The van der Waals surface area contributed by atoms with Crippen LogP contribution < -0.4 is 9.80 Å². The van der Waals surface area contributed by atoms with E-state index in [0.29, 0.717) is 17.0 Å². The van der Waals surface area contributed by atoms with Crippen molar-refractivity contribution in [2.24, 2.45) is 0 Å². The maximum atomic E-state index is 13.6. The number of carbonyl (C=O) groups is 2. The minimum atomic E-state index is -0.307. The van der Waals surface area contributed by atoms with E-state index in [9.17, 15) is 9.59 Å². The van der Waals surface area contributed by atoms with Crippen molar-refractivity contribution in [2.75, 3.05) is 16.8 Å². The number of carbonyl (C=O) groups excluding carboxylic acids is 2. The number of benzene rings is 3. The molecule has 0 aromatic heterocycles. The molecule has 3 aromatic carbocycles. The number of likely N-dealkylation sites (N-methyl/N-ethyl adjacent to an activating group) is 1. The molecule has 0 saturated heterocycles. The smallest absolute Gasteiger partial charge is 0.282 e. The van der Waals surface area contributed by atoms with Crippen LogP contribution in [0.3, 0.4) is 0 Å². The van der Waals surface area contributed by atoms with Crippen LogP contribution in [0.4, 0.5) is 11.4 Å². The van der Waals surface area contributed by atoms with E-state index >= 15 is 0 Å². The minimum absolute atomic E-state index is 0.294. The zero-order chi connectivity index (χ0) is 22.7. The molecule has 0 spiro atoms. The number of nitrogens with zero attached hydrogens (tertiary/aromatic N) is 2. The number of rotatable bonds is 7. The number of aryl methyl sites for hydroxylation is 2. The topological polar surface area (TPSA) is 40.6 Å². The van der Waals surface area contributed by atoms with Crippen LogP contribution >= 0.6 is 0 Å². The number of anilines is 2. The van der Waals surface area contributed by atoms with Gasteiger partial charge in [-0.2, -0.15) is 0 Å². The standard InChI is InChI=1S/C28H28N2O2/c1-4-5-9-21-14-18-24(19-15-21)30-27(31)25(22-16-12-20(2)13-17-22)26(28(30)32)29(3)23-10-7-6-8-11-23/h6-8,10-19H,4-5,9H2,1-3H3. The van der Waals surface area contributed by atoms with Gasteiger partial charge in [0.2, 0.25) is 0 Å². The van der Waals surface area contributed by atoms with Crippen molar-refractivity contribution in [3.8, 4) is 0 Å². The van der Waals surface area contributed by atoms with E-state index < -0.39 is 0 Å². The average molecular weight is 425 g/mol. The van der Waals surface area contributed by atoms with Crippen molar-refractivity contribution >= 4 is 28.8 Å². The summed E-state index contributed by atoms with van der Waals surface area (Å²) < 4.78 is 0. The Morgan fingerprint density at radius 3 is 2.09 bits per heavy atom. The summed E-state index contributed by atoms with van der Waals surface area (Å²) in [4.78, 5) is 30.4. The van der Waals surface area contributed by atoms with Crippen molar-refractivity contribution in [3.63, 3.8) is 0 Å². The van der Waals surface area contributed by atoms with Gasteiger partial charge >= 0.3 is 0 Å². The van der Waals surface area contributed by atoms with Gasteiger partial charge in [-0.25, -0.2) is 4.90 Å². The van der Waals surface area contributed by atoms with E-state index in [2.05, 4.69) is 6.92 Å². The second-order valence-electron chi connectivity index (χ2n) is 8.20. The van der Waals surface area contributed by atoms with Crippen LogP contribution in [-0.2, 0) is 16.0 Å². The average Bonchev–Trinajstić information content (AvgIpc) is 3.08. The van der Waals surface area contributed by atoms with Crippen molar-refractivity contribution in [1.29, 1.82) is 0 Å². The monoisotopic (exact) mass is 424 g/mol. The molecule has 0 atom stereocenters. The van der Waals surface area contributed by atoms with Crippen LogP contribution in [0.5, 0.6) is 0 Å². The molecule has 0 bridgehead atoms. The molecule has 1 heterocycles. The van der Waals surface area contributed by atoms with Gasteiger partial charge in [-0.15, -0.1) is 0 Å². The van der Waals surface area contributed by atoms with E-state index in [0.717, 1.165) is 36.1 Å². The highest BCUT2D eigenvalue weighted by molar-refractivity contribution is 6.46. The first-order chi connectivity index (χ1) is 15.5. The number of unbranched alkanes of at least 4 members (excludes halogenated alkanes) is 1. The highest BCUT2D eigenvalue weighted by Crippen LogP contribution is 2.36. The first-order valence-electron chi connectivity index (χ1n) is 11.1. The molecule has 1 aliphatic heterocycles. The lowest BCUT2D eigenvalue weighted by Crippen LogP contribution is -2.34. The Balaban J connectivity index is 1.77.